The molecule has 1 aromatic rings. The van der Waals surface area contributed by atoms with E-state index in [0.717, 1.165) is 18.4 Å². The number of unbranched alkanes of at least 4 members (excludes halogenated alkanes) is 4. The molecule has 0 aliphatic rings. The Balaban J connectivity index is 2.60. The molecule has 1 nitrogen and oxygen atoms in total. The minimum atomic E-state index is -0.326. The Morgan fingerprint density at radius 1 is 1.26 bits per heavy atom. The van der Waals surface area contributed by atoms with E-state index in [4.69, 9.17) is 16.3 Å². The average molecular weight is 352 g/mol. The summed E-state index contributed by atoms with van der Waals surface area (Å²) in [6.45, 7) is 2.20. The van der Waals surface area contributed by atoms with Crippen molar-refractivity contribution in [1.29, 1.82) is 0 Å². The molecule has 1 atom stereocenters. The van der Waals surface area contributed by atoms with E-state index in [2.05, 4.69) is 22.9 Å². The summed E-state index contributed by atoms with van der Waals surface area (Å²) in [6, 6.07) is 3.10. The minimum absolute atomic E-state index is 0.131. The van der Waals surface area contributed by atoms with Crippen molar-refractivity contribution in [2.24, 2.45) is 0 Å². The zero-order valence-electron chi connectivity index (χ0n) is 11.5. The minimum Gasteiger partial charge on any atom is -0.496 e. The number of halogens is 3. The summed E-state index contributed by atoms with van der Waals surface area (Å²) in [5.74, 6) is 0.196. The van der Waals surface area contributed by atoms with Gasteiger partial charge in [0.15, 0.2) is 0 Å². The van der Waals surface area contributed by atoms with E-state index >= 15 is 0 Å². The molecule has 1 aromatic carbocycles. The third-order valence-corrected chi connectivity index (χ3v) is 4.23. The highest BCUT2D eigenvalue weighted by molar-refractivity contribution is 9.10. The van der Waals surface area contributed by atoms with Crippen LogP contribution >= 0.6 is 27.5 Å². The number of ether oxygens (including phenoxy) is 1. The van der Waals surface area contributed by atoms with Crippen molar-refractivity contribution in [1.82, 2.24) is 0 Å². The fourth-order valence-electron chi connectivity index (χ4n) is 2.05. The Morgan fingerprint density at radius 2 is 1.95 bits per heavy atom. The Morgan fingerprint density at radius 3 is 2.58 bits per heavy atom. The van der Waals surface area contributed by atoms with E-state index in [0.29, 0.717) is 10.2 Å². The fraction of sp³-hybridized carbons (Fsp3) is 0.600. The predicted molar refractivity (Wildman–Crippen MR) is 82.6 cm³/mol. The van der Waals surface area contributed by atoms with E-state index in [1.165, 1.54) is 38.9 Å². The van der Waals surface area contributed by atoms with Gasteiger partial charge in [0, 0.05) is 11.6 Å². The lowest BCUT2D eigenvalue weighted by Crippen LogP contribution is -1.98. The number of benzene rings is 1. The highest BCUT2D eigenvalue weighted by atomic mass is 79.9. The molecule has 0 aliphatic carbocycles. The second-order valence-electron chi connectivity index (χ2n) is 4.68. The van der Waals surface area contributed by atoms with E-state index in [9.17, 15) is 4.39 Å². The Kier molecular flexibility index (Phi) is 7.77. The van der Waals surface area contributed by atoms with Crippen molar-refractivity contribution in [2.45, 2.75) is 50.8 Å². The Hall–Kier alpha value is -0.280. The molecule has 0 saturated heterocycles. The molecule has 0 saturated carbocycles. The summed E-state index contributed by atoms with van der Waals surface area (Å²) in [5, 5.41) is -0.131. The van der Waals surface area contributed by atoms with Gasteiger partial charge in [0.05, 0.1) is 17.0 Å². The van der Waals surface area contributed by atoms with Crippen LogP contribution in [-0.4, -0.2) is 7.11 Å². The first-order valence-electron chi connectivity index (χ1n) is 6.77. The van der Waals surface area contributed by atoms with Crippen LogP contribution in [0, 0.1) is 5.82 Å². The van der Waals surface area contributed by atoms with Crippen molar-refractivity contribution in [3.63, 3.8) is 0 Å². The maximum atomic E-state index is 13.4. The van der Waals surface area contributed by atoms with Crippen LogP contribution in [0.25, 0.3) is 0 Å². The number of methoxy groups -OCH3 is 1. The van der Waals surface area contributed by atoms with Crippen molar-refractivity contribution >= 4 is 27.5 Å². The van der Waals surface area contributed by atoms with E-state index in [1.54, 1.807) is 6.07 Å². The standard InChI is InChI=1S/C15H21BrClFO/c1-3-4-5-6-7-8-13(17)11-9-12(16)14(18)10-15(11)19-2/h9-10,13H,3-8H2,1-2H3. The molecule has 0 spiro atoms. The molecule has 0 radical (unpaired) electrons. The van der Waals surface area contributed by atoms with Crippen LogP contribution in [0.1, 0.15) is 56.4 Å². The van der Waals surface area contributed by atoms with Gasteiger partial charge in [0.2, 0.25) is 0 Å². The second kappa shape index (κ2) is 8.80. The van der Waals surface area contributed by atoms with Gasteiger partial charge < -0.3 is 4.74 Å². The molecule has 108 valence electrons. The summed E-state index contributed by atoms with van der Waals surface area (Å²) >= 11 is 9.59. The smallest absolute Gasteiger partial charge is 0.141 e. The first kappa shape index (κ1) is 16.8. The predicted octanol–water partition coefficient (Wildman–Crippen LogP) is 6.24. The third-order valence-electron chi connectivity index (χ3n) is 3.17. The van der Waals surface area contributed by atoms with Crippen LogP contribution < -0.4 is 4.74 Å². The van der Waals surface area contributed by atoms with Crippen LogP contribution in [0.4, 0.5) is 4.39 Å². The largest absolute Gasteiger partial charge is 0.496 e. The summed E-state index contributed by atoms with van der Waals surface area (Å²) in [5.41, 5.74) is 0.855. The SMILES string of the molecule is CCCCCCCC(Cl)c1cc(Br)c(F)cc1OC. The molecule has 0 N–H and O–H groups in total. The van der Waals surface area contributed by atoms with Gasteiger partial charge in [-0.15, -0.1) is 11.6 Å². The van der Waals surface area contributed by atoms with Gasteiger partial charge in [0.25, 0.3) is 0 Å². The Labute approximate surface area is 128 Å². The molecule has 1 unspecified atom stereocenters. The lowest BCUT2D eigenvalue weighted by molar-refractivity contribution is 0.404. The van der Waals surface area contributed by atoms with Gasteiger partial charge >= 0.3 is 0 Å². The molecule has 0 heterocycles. The van der Waals surface area contributed by atoms with Crippen molar-refractivity contribution < 1.29 is 9.13 Å². The number of rotatable bonds is 8. The van der Waals surface area contributed by atoms with Crippen LogP contribution in [-0.2, 0) is 0 Å². The summed E-state index contributed by atoms with van der Waals surface area (Å²) < 4.78 is 19.1. The van der Waals surface area contributed by atoms with Gasteiger partial charge in [-0.05, 0) is 28.4 Å². The molecule has 0 amide bonds. The number of hydrogen-bond donors (Lipinski definition) is 0. The monoisotopic (exact) mass is 350 g/mol. The van der Waals surface area contributed by atoms with Gasteiger partial charge in [-0.25, -0.2) is 4.39 Å². The fourth-order valence-corrected chi connectivity index (χ4v) is 2.73. The highest BCUT2D eigenvalue weighted by Gasteiger charge is 2.16. The topological polar surface area (TPSA) is 9.23 Å². The van der Waals surface area contributed by atoms with E-state index in [1.807, 2.05) is 0 Å². The molecular weight excluding hydrogens is 331 g/mol. The summed E-state index contributed by atoms with van der Waals surface area (Å²) in [4.78, 5) is 0. The summed E-state index contributed by atoms with van der Waals surface area (Å²) in [7, 11) is 1.54. The van der Waals surface area contributed by atoms with Crippen molar-refractivity contribution in [3.8, 4) is 5.75 Å². The Bertz CT molecular complexity index is 398. The molecule has 0 aromatic heterocycles. The second-order valence-corrected chi connectivity index (χ2v) is 6.06. The molecule has 1 rings (SSSR count). The molecule has 0 bridgehead atoms. The van der Waals surface area contributed by atoms with E-state index < -0.39 is 0 Å². The molecule has 4 heteroatoms. The molecule has 19 heavy (non-hydrogen) atoms. The van der Waals surface area contributed by atoms with Crippen molar-refractivity contribution in [3.05, 3.63) is 28.0 Å². The zero-order chi connectivity index (χ0) is 14.3. The number of alkyl halides is 1. The van der Waals surface area contributed by atoms with Crippen LogP contribution in [0.2, 0.25) is 0 Å². The van der Waals surface area contributed by atoms with Crippen LogP contribution in [0.15, 0.2) is 16.6 Å². The van der Waals surface area contributed by atoms with Gasteiger partial charge in [-0.2, -0.15) is 0 Å². The van der Waals surface area contributed by atoms with Crippen molar-refractivity contribution in [2.75, 3.05) is 7.11 Å². The first-order valence-corrected chi connectivity index (χ1v) is 8.00. The van der Waals surface area contributed by atoms with Gasteiger partial charge in [-0.1, -0.05) is 39.0 Å². The molecule has 0 fully saturated rings. The highest BCUT2D eigenvalue weighted by Crippen LogP contribution is 2.36. The maximum Gasteiger partial charge on any atom is 0.141 e. The average Bonchev–Trinajstić information content (AvgIpc) is 2.40. The maximum absolute atomic E-state index is 13.4. The molecule has 0 aliphatic heterocycles. The normalized spacial score (nSPS) is 12.5. The third kappa shape index (κ3) is 5.31. The molecular formula is C15H21BrClFO. The number of hydrogen-bond acceptors (Lipinski definition) is 1. The van der Waals surface area contributed by atoms with Crippen LogP contribution in [0.3, 0.4) is 0 Å². The quantitative estimate of drug-likeness (QED) is 0.398. The van der Waals surface area contributed by atoms with Gasteiger partial charge in [-0.3, -0.25) is 0 Å². The first-order chi connectivity index (χ1) is 9.10. The van der Waals surface area contributed by atoms with Gasteiger partial charge in [0.1, 0.15) is 11.6 Å². The summed E-state index contributed by atoms with van der Waals surface area (Å²) in [6.07, 6.45) is 6.94. The lowest BCUT2D eigenvalue weighted by Gasteiger charge is -2.15. The van der Waals surface area contributed by atoms with E-state index in [-0.39, 0.29) is 11.2 Å². The van der Waals surface area contributed by atoms with Crippen LogP contribution in [0.5, 0.6) is 5.75 Å². The zero-order valence-corrected chi connectivity index (χ0v) is 13.9. The lowest BCUT2D eigenvalue weighted by atomic mass is 10.0.